The van der Waals surface area contributed by atoms with Gasteiger partial charge in [-0.25, -0.2) is 0 Å². The molecule has 1 heteroatoms. The molecule has 0 aromatic heterocycles. The van der Waals surface area contributed by atoms with Crippen LogP contribution >= 0.6 is 0 Å². The van der Waals surface area contributed by atoms with Crippen molar-refractivity contribution in [2.45, 2.75) is 6.92 Å². The van der Waals surface area contributed by atoms with E-state index in [2.05, 4.69) is 0 Å². The smallest absolute Gasteiger partial charge is 0.0612 e. The lowest BCUT2D eigenvalue weighted by atomic mass is 10.6. The van der Waals surface area contributed by atoms with Gasteiger partial charge in [-0.3, -0.25) is 0 Å². The zero-order valence-corrected chi connectivity index (χ0v) is 3.31. The fraction of sp³-hybridized carbons (Fsp3) is 0.500. The summed E-state index contributed by atoms with van der Waals surface area (Å²) in [6, 6.07) is 0. The van der Waals surface area contributed by atoms with Crippen molar-refractivity contribution in [2.24, 2.45) is 0 Å². The summed E-state index contributed by atoms with van der Waals surface area (Å²) in [5, 5.41) is 7.98. The summed E-state index contributed by atoms with van der Waals surface area (Å²) < 4.78 is 0. The summed E-state index contributed by atoms with van der Waals surface area (Å²) in [7, 11) is 0. The van der Waals surface area contributed by atoms with Crippen molar-refractivity contribution in [3.8, 4) is 0 Å². The maximum atomic E-state index is 7.98. The molecule has 0 radical (unpaired) electrons. The van der Waals surface area contributed by atoms with Crippen LogP contribution in [0.5, 0.6) is 0 Å². The highest BCUT2D eigenvalue weighted by molar-refractivity contribution is 4.74. The zero-order valence-electron chi connectivity index (χ0n) is 3.31. The molecule has 0 aliphatic rings. The molecule has 30 valence electrons. The maximum absolute atomic E-state index is 7.98. The molecule has 0 fully saturated rings. The molecule has 0 bridgehead atoms. The fourth-order valence-electron chi connectivity index (χ4n) is 0.105. The third-order valence-corrected chi connectivity index (χ3v) is 0.341. The van der Waals surface area contributed by atoms with Crippen molar-refractivity contribution in [1.82, 2.24) is 0 Å². The van der Waals surface area contributed by atoms with Crippen LogP contribution in [-0.2, 0) is 0 Å². The first-order chi connectivity index (χ1) is 2.41. The standard InChI is InChI=1S/C4H8O/c1-2-3-4-5/h2-3,5H,4H2,1H3/b3-2-. The van der Waals surface area contributed by atoms with Crippen LogP contribution in [-0.4, -0.2) is 11.7 Å². The summed E-state index contributed by atoms with van der Waals surface area (Å²) in [5.41, 5.74) is 0. The second kappa shape index (κ2) is 3.70. The molecule has 0 saturated carbocycles. The normalized spacial score (nSPS) is 10.0. The number of hydrogen-bond donors (Lipinski definition) is 1. The van der Waals surface area contributed by atoms with Gasteiger partial charge in [0.1, 0.15) is 0 Å². The van der Waals surface area contributed by atoms with Gasteiger partial charge in [0.05, 0.1) is 6.61 Å². The Kier molecular flexibility index (Phi) is 3.48. The first-order valence-corrected chi connectivity index (χ1v) is 1.64. The van der Waals surface area contributed by atoms with Crippen LogP contribution in [0.4, 0.5) is 0 Å². The molecule has 0 unspecified atom stereocenters. The fourth-order valence-corrected chi connectivity index (χ4v) is 0.105. The van der Waals surface area contributed by atoms with Crippen molar-refractivity contribution >= 4 is 0 Å². The minimum Gasteiger partial charge on any atom is -0.392 e. The predicted molar refractivity (Wildman–Crippen MR) is 21.9 cm³/mol. The van der Waals surface area contributed by atoms with Crippen molar-refractivity contribution in [1.29, 1.82) is 0 Å². The van der Waals surface area contributed by atoms with Crippen LogP contribution in [0.25, 0.3) is 0 Å². The molecule has 5 heavy (non-hydrogen) atoms. The van der Waals surface area contributed by atoms with E-state index in [9.17, 15) is 0 Å². The molecular weight excluding hydrogens is 64.0 g/mol. The van der Waals surface area contributed by atoms with Gasteiger partial charge in [-0.1, -0.05) is 12.2 Å². The highest BCUT2D eigenvalue weighted by Gasteiger charge is 1.52. The first kappa shape index (κ1) is 4.70. The lowest BCUT2D eigenvalue weighted by Gasteiger charge is -1.66. The van der Waals surface area contributed by atoms with Gasteiger partial charge in [0, 0.05) is 0 Å². The maximum Gasteiger partial charge on any atom is 0.0612 e. The van der Waals surface area contributed by atoms with Crippen LogP contribution in [0.3, 0.4) is 0 Å². The Morgan fingerprint density at radius 2 is 2.40 bits per heavy atom. The average molecular weight is 72.1 g/mol. The van der Waals surface area contributed by atoms with Crippen molar-refractivity contribution < 1.29 is 5.11 Å². The summed E-state index contributed by atoms with van der Waals surface area (Å²) in [5.74, 6) is 0. The molecule has 0 spiro atoms. The molecule has 0 rings (SSSR count). The Labute approximate surface area is 31.9 Å². The van der Waals surface area contributed by atoms with E-state index >= 15 is 0 Å². The summed E-state index contributed by atoms with van der Waals surface area (Å²) in [4.78, 5) is 0. The van der Waals surface area contributed by atoms with Gasteiger partial charge in [-0.15, -0.1) is 0 Å². The molecule has 0 heterocycles. The molecule has 0 aromatic carbocycles. The lowest BCUT2D eigenvalue weighted by Crippen LogP contribution is -1.65. The van der Waals surface area contributed by atoms with Crippen molar-refractivity contribution in [2.75, 3.05) is 6.61 Å². The molecule has 0 aromatic rings. The van der Waals surface area contributed by atoms with Crippen molar-refractivity contribution in [3.63, 3.8) is 0 Å². The predicted octanol–water partition coefficient (Wildman–Crippen LogP) is 0.555. The van der Waals surface area contributed by atoms with E-state index in [-0.39, 0.29) is 6.61 Å². The Morgan fingerprint density at radius 1 is 1.80 bits per heavy atom. The number of allylic oxidation sites excluding steroid dienone is 1. The number of aliphatic hydroxyl groups excluding tert-OH is 1. The van der Waals surface area contributed by atoms with Crippen LogP contribution in [0.2, 0.25) is 0 Å². The molecule has 0 aliphatic heterocycles. The molecule has 1 N–H and O–H groups in total. The number of hydrogen-bond acceptors (Lipinski definition) is 1. The summed E-state index contributed by atoms with van der Waals surface area (Å²) in [6.07, 6.45) is 3.49. The molecule has 0 saturated heterocycles. The highest BCUT2D eigenvalue weighted by Crippen LogP contribution is 1.60. The highest BCUT2D eigenvalue weighted by atomic mass is 16.2. The summed E-state index contributed by atoms with van der Waals surface area (Å²) in [6.45, 7) is 2.03. The van der Waals surface area contributed by atoms with E-state index in [1.807, 2.05) is 6.92 Å². The Bertz CT molecular complexity index is 30.6. The number of aliphatic hydroxyl groups is 1. The van der Waals surface area contributed by atoms with Crippen molar-refractivity contribution in [3.05, 3.63) is 12.2 Å². The van der Waals surface area contributed by atoms with E-state index in [1.165, 1.54) is 0 Å². The second-order valence-electron chi connectivity index (χ2n) is 0.752. The van der Waals surface area contributed by atoms with E-state index in [1.54, 1.807) is 12.2 Å². The average Bonchev–Trinajstić information content (AvgIpc) is 1.41. The van der Waals surface area contributed by atoms with Gasteiger partial charge in [-0.2, -0.15) is 0 Å². The van der Waals surface area contributed by atoms with E-state index < -0.39 is 0 Å². The third kappa shape index (κ3) is 3.70. The Balaban J connectivity index is 2.62. The van der Waals surface area contributed by atoms with Gasteiger partial charge >= 0.3 is 0 Å². The minimum absolute atomic E-state index is 0.163. The topological polar surface area (TPSA) is 20.2 Å². The Morgan fingerprint density at radius 3 is 2.40 bits per heavy atom. The van der Waals surface area contributed by atoms with Crippen LogP contribution in [0.15, 0.2) is 12.2 Å². The van der Waals surface area contributed by atoms with E-state index in [0.717, 1.165) is 0 Å². The van der Waals surface area contributed by atoms with E-state index in [4.69, 9.17) is 5.11 Å². The SMILES string of the molecule is C/C=C\CO. The van der Waals surface area contributed by atoms with Gasteiger partial charge in [0.2, 0.25) is 0 Å². The zero-order chi connectivity index (χ0) is 4.12. The molecule has 0 aliphatic carbocycles. The third-order valence-electron chi connectivity index (χ3n) is 0.341. The quantitative estimate of drug-likeness (QED) is 0.448. The van der Waals surface area contributed by atoms with Gasteiger partial charge in [0.25, 0.3) is 0 Å². The minimum atomic E-state index is 0.163. The first-order valence-electron chi connectivity index (χ1n) is 1.64. The van der Waals surface area contributed by atoms with E-state index in [0.29, 0.717) is 0 Å². The van der Waals surface area contributed by atoms with Crippen LogP contribution in [0, 0.1) is 0 Å². The molecule has 1 nitrogen and oxygen atoms in total. The monoisotopic (exact) mass is 72.1 g/mol. The second-order valence-corrected chi connectivity index (χ2v) is 0.752. The van der Waals surface area contributed by atoms with Gasteiger partial charge < -0.3 is 5.11 Å². The molecule has 0 amide bonds. The molecular formula is C4H8O. The Hall–Kier alpha value is -0.300. The van der Waals surface area contributed by atoms with Crippen LogP contribution < -0.4 is 0 Å². The molecule has 0 atom stereocenters. The lowest BCUT2D eigenvalue weighted by molar-refractivity contribution is 0.342. The van der Waals surface area contributed by atoms with Gasteiger partial charge in [0.15, 0.2) is 0 Å². The number of rotatable bonds is 1. The van der Waals surface area contributed by atoms with Crippen LogP contribution in [0.1, 0.15) is 6.92 Å². The largest absolute Gasteiger partial charge is 0.392 e. The van der Waals surface area contributed by atoms with Gasteiger partial charge in [-0.05, 0) is 6.92 Å². The summed E-state index contributed by atoms with van der Waals surface area (Å²) >= 11 is 0.